The first-order valence-electron chi connectivity index (χ1n) is 7.61. The molecule has 4 bridgehead atoms. The highest BCUT2D eigenvalue weighted by molar-refractivity contribution is 6.69. The van der Waals surface area contributed by atoms with E-state index in [0.29, 0.717) is 0 Å². The predicted octanol–water partition coefficient (Wildman–Crippen LogP) is 8.12. The Bertz CT molecular complexity index is 909. The van der Waals surface area contributed by atoms with Gasteiger partial charge in [0.1, 0.15) is 25.3 Å². The van der Waals surface area contributed by atoms with Crippen LogP contribution in [-0.2, 0) is 4.79 Å². The fourth-order valence-electron chi connectivity index (χ4n) is 4.97. The standard InChI is InChI=1S/C15H6Cl12O/c1-2-4(28)3-5(12(22)8(18)6(16)10(2,20)14(12,24)25)13(23)9(19)7(17)11(3,21)15(13,26)27/h2-3,5H,1H3/t2-,3+,5+,10-,11-,12-,13-/m1/s1. The van der Waals surface area contributed by atoms with Crippen LogP contribution in [0.15, 0.2) is 20.1 Å². The number of halogens is 12. The topological polar surface area (TPSA) is 17.1 Å². The number of ketones is 1. The summed E-state index contributed by atoms with van der Waals surface area (Å²) in [4.78, 5) is 5.86. The number of Topliss-reactive ketones (excluding diaryl/α,β-unsaturated/α-hetero) is 1. The third kappa shape index (κ3) is 1.92. The molecule has 7 atom stereocenters. The van der Waals surface area contributed by atoms with Crippen LogP contribution in [0.2, 0.25) is 0 Å². The zero-order chi connectivity index (χ0) is 21.6. The normalized spacial score (nSPS) is 53.8. The third-order valence-electron chi connectivity index (χ3n) is 6.44. The molecule has 28 heavy (non-hydrogen) atoms. The van der Waals surface area contributed by atoms with Gasteiger partial charge < -0.3 is 0 Å². The number of alkyl halides is 8. The van der Waals surface area contributed by atoms with E-state index in [9.17, 15) is 4.79 Å². The minimum atomic E-state index is -2.11. The van der Waals surface area contributed by atoms with Gasteiger partial charge in [-0.3, -0.25) is 4.79 Å². The summed E-state index contributed by atoms with van der Waals surface area (Å²) < 4.78 is -4.18. The first-order chi connectivity index (χ1) is 12.4. The second-order valence-corrected chi connectivity index (χ2v) is 13.9. The Morgan fingerprint density at radius 2 is 0.929 bits per heavy atom. The zero-order valence-corrected chi connectivity index (χ0v) is 22.2. The van der Waals surface area contributed by atoms with Gasteiger partial charge in [0, 0.05) is 11.8 Å². The molecule has 4 aliphatic carbocycles. The van der Waals surface area contributed by atoms with Gasteiger partial charge in [0.25, 0.3) is 0 Å². The summed E-state index contributed by atoms with van der Waals surface area (Å²) in [7, 11) is 0. The number of allylic oxidation sites excluding steroid dienone is 4. The molecule has 13 heteroatoms. The van der Waals surface area contributed by atoms with Crippen molar-refractivity contribution in [1.29, 1.82) is 0 Å². The number of fused-ring (bicyclic) bond motifs is 8. The Hall–Kier alpha value is 2.63. The first kappa shape index (κ1) is 23.8. The minimum absolute atomic E-state index is 0.166. The van der Waals surface area contributed by atoms with Crippen LogP contribution in [0.4, 0.5) is 0 Å². The van der Waals surface area contributed by atoms with Crippen LogP contribution >= 0.6 is 139 Å². The van der Waals surface area contributed by atoms with E-state index in [0.717, 1.165) is 0 Å². The molecule has 156 valence electrons. The van der Waals surface area contributed by atoms with Crippen molar-refractivity contribution in [2.45, 2.75) is 35.1 Å². The highest BCUT2D eigenvalue weighted by Crippen LogP contribution is 2.84. The van der Waals surface area contributed by atoms with Gasteiger partial charge in [0.15, 0.2) is 8.67 Å². The summed E-state index contributed by atoms with van der Waals surface area (Å²) in [6.45, 7) is 1.48. The van der Waals surface area contributed by atoms with Gasteiger partial charge >= 0.3 is 0 Å². The van der Waals surface area contributed by atoms with E-state index < -0.39 is 51.7 Å². The molecule has 2 fully saturated rings. The molecule has 4 rings (SSSR count). The lowest BCUT2D eigenvalue weighted by Crippen LogP contribution is -2.59. The molecule has 0 heterocycles. The van der Waals surface area contributed by atoms with E-state index in [4.69, 9.17) is 139 Å². The van der Waals surface area contributed by atoms with Crippen molar-refractivity contribution >= 4 is 145 Å². The van der Waals surface area contributed by atoms with E-state index in [1.807, 2.05) is 0 Å². The summed E-state index contributed by atoms with van der Waals surface area (Å²) in [5, 5.41) is -0.720. The lowest BCUT2D eigenvalue weighted by atomic mass is 9.71. The highest BCUT2D eigenvalue weighted by atomic mass is 35.5. The molecule has 0 spiro atoms. The molecule has 0 aliphatic heterocycles. The number of carbonyl (C=O) groups is 1. The number of hydrogen-bond acceptors (Lipinski definition) is 1. The van der Waals surface area contributed by atoms with Gasteiger partial charge in [0.2, 0.25) is 0 Å². The van der Waals surface area contributed by atoms with E-state index in [1.165, 1.54) is 6.92 Å². The average molecular weight is 628 g/mol. The van der Waals surface area contributed by atoms with E-state index in [1.54, 1.807) is 0 Å². The molecule has 4 aliphatic rings. The monoisotopic (exact) mass is 622 g/mol. The zero-order valence-electron chi connectivity index (χ0n) is 13.2. The van der Waals surface area contributed by atoms with Gasteiger partial charge in [-0.15, -0.1) is 46.4 Å². The van der Waals surface area contributed by atoms with Crippen molar-refractivity contribution in [2.75, 3.05) is 0 Å². The Morgan fingerprint density at radius 3 is 1.36 bits per heavy atom. The fraction of sp³-hybridized carbons (Fsp3) is 0.667. The van der Waals surface area contributed by atoms with Crippen molar-refractivity contribution in [3.05, 3.63) is 20.1 Å². The third-order valence-corrected chi connectivity index (χ3v) is 15.0. The van der Waals surface area contributed by atoms with Crippen LogP contribution < -0.4 is 0 Å². The molecular weight excluding hydrogens is 622 g/mol. The van der Waals surface area contributed by atoms with Crippen LogP contribution in [0.25, 0.3) is 0 Å². The van der Waals surface area contributed by atoms with Gasteiger partial charge in [-0.05, 0) is 0 Å². The van der Waals surface area contributed by atoms with Gasteiger partial charge in [-0.2, -0.15) is 0 Å². The molecule has 0 aromatic carbocycles. The van der Waals surface area contributed by atoms with E-state index >= 15 is 0 Å². The summed E-state index contributed by atoms with van der Waals surface area (Å²) in [5.74, 6) is -4.19. The molecule has 0 aromatic rings. The van der Waals surface area contributed by atoms with Crippen LogP contribution in [0.1, 0.15) is 6.92 Å². The van der Waals surface area contributed by atoms with Crippen molar-refractivity contribution in [1.82, 2.24) is 0 Å². The van der Waals surface area contributed by atoms with Gasteiger partial charge in [0.05, 0.1) is 26.0 Å². The molecule has 0 N–H and O–H groups in total. The van der Waals surface area contributed by atoms with Crippen molar-refractivity contribution in [2.24, 2.45) is 17.8 Å². The molecule has 0 amide bonds. The Labute approximate surface area is 220 Å². The fourth-order valence-corrected chi connectivity index (χ4v) is 11.1. The van der Waals surface area contributed by atoms with E-state index in [-0.39, 0.29) is 20.1 Å². The van der Waals surface area contributed by atoms with Gasteiger partial charge in [-0.1, -0.05) is 99.7 Å². The molecule has 0 saturated heterocycles. The summed E-state index contributed by atoms with van der Waals surface area (Å²) in [5.41, 5.74) is 0. The molecular formula is C15H6Cl12O. The van der Waals surface area contributed by atoms with Crippen LogP contribution in [0, 0.1) is 17.8 Å². The molecule has 0 unspecified atom stereocenters. The molecule has 2 saturated carbocycles. The number of rotatable bonds is 0. The largest absolute Gasteiger partial charge is 0.299 e. The maximum atomic E-state index is 13.6. The maximum Gasteiger partial charge on any atom is 0.167 e. The Balaban J connectivity index is 2.20. The average Bonchev–Trinajstić information content (AvgIpc) is 2.86. The Morgan fingerprint density at radius 1 is 0.607 bits per heavy atom. The van der Waals surface area contributed by atoms with Crippen LogP contribution in [-0.4, -0.2) is 33.9 Å². The maximum absolute atomic E-state index is 13.6. The molecule has 0 radical (unpaired) electrons. The predicted molar refractivity (Wildman–Crippen MR) is 122 cm³/mol. The van der Waals surface area contributed by atoms with Crippen LogP contribution in [0.5, 0.6) is 0 Å². The smallest absolute Gasteiger partial charge is 0.167 e. The highest BCUT2D eigenvalue weighted by Gasteiger charge is 2.92. The lowest BCUT2D eigenvalue weighted by Gasteiger charge is -2.47. The second-order valence-electron chi connectivity index (χ2n) is 7.33. The summed E-state index contributed by atoms with van der Waals surface area (Å²) in [6, 6.07) is 0. The minimum Gasteiger partial charge on any atom is -0.299 e. The van der Waals surface area contributed by atoms with Crippen LogP contribution in [0.3, 0.4) is 0 Å². The first-order valence-corrected chi connectivity index (χ1v) is 12.2. The summed E-state index contributed by atoms with van der Waals surface area (Å²) >= 11 is 79.9. The summed E-state index contributed by atoms with van der Waals surface area (Å²) in [6.07, 6.45) is 0. The molecule has 0 aromatic heterocycles. The number of hydrogen-bond donors (Lipinski definition) is 0. The van der Waals surface area contributed by atoms with Gasteiger partial charge in [-0.25, -0.2) is 0 Å². The lowest BCUT2D eigenvalue weighted by molar-refractivity contribution is -0.128. The molecule has 1 nitrogen and oxygen atoms in total. The second kappa shape index (κ2) is 6.19. The SMILES string of the molecule is C[C@@H]1C(=O)[C@H]2[C@@H]([C@@]3(Cl)C(Cl)=C(Cl)[C@@]1(Cl)C3(Cl)Cl)[C@@]1(Cl)C(Cl)=C(Cl)[C@@]2(Cl)C1(Cl)Cl. The van der Waals surface area contributed by atoms with Crippen molar-refractivity contribution in [3.8, 4) is 0 Å². The quantitative estimate of drug-likeness (QED) is 0.248. The Kier molecular flexibility index (Phi) is 5.26. The van der Waals surface area contributed by atoms with E-state index in [2.05, 4.69) is 0 Å². The van der Waals surface area contributed by atoms with Crippen molar-refractivity contribution in [3.63, 3.8) is 0 Å². The van der Waals surface area contributed by atoms with Crippen molar-refractivity contribution < 1.29 is 4.79 Å². The number of carbonyl (C=O) groups excluding carboxylic acids is 1.